The summed E-state index contributed by atoms with van der Waals surface area (Å²) in [6.07, 6.45) is -4.74. The van der Waals surface area contributed by atoms with Gasteiger partial charge in [0.15, 0.2) is 0 Å². The number of nitriles is 1. The van der Waals surface area contributed by atoms with Crippen LogP contribution in [-0.4, -0.2) is 27.2 Å². The van der Waals surface area contributed by atoms with E-state index in [0.29, 0.717) is 34.0 Å². The smallest absolute Gasteiger partial charge is 0.416 e. The Kier molecular flexibility index (Phi) is 7.12. The summed E-state index contributed by atoms with van der Waals surface area (Å²) in [7, 11) is 0. The lowest BCUT2D eigenvalue weighted by Crippen LogP contribution is -2.26. The van der Waals surface area contributed by atoms with E-state index >= 15 is 0 Å². The van der Waals surface area contributed by atoms with E-state index in [-0.39, 0.29) is 34.9 Å². The lowest BCUT2D eigenvalue weighted by atomic mass is 10.0. The molecule has 4 aromatic rings. The van der Waals surface area contributed by atoms with E-state index in [1.165, 1.54) is 12.1 Å². The van der Waals surface area contributed by atoms with Gasteiger partial charge in [0.05, 0.1) is 34.1 Å². The molecule has 3 aromatic carbocycles. The molecule has 37 heavy (non-hydrogen) atoms. The largest absolute Gasteiger partial charge is 0.491 e. The van der Waals surface area contributed by atoms with E-state index in [9.17, 15) is 33.1 Å². The van der Waals surface area contributed by atoms with Crippen molar-refractivity contribution in [1.29, 1.82) is 5.26 Å². The van der Waals surface area contributed by atoms with Gasteiger partial charge in [0.1, 0.15) is 18.4 Å². The molecule has 0 bridgehead atoms. The van der Waals surface area contributed by atoms with Crippen molar-refractivity contribution in [2.75, 3.05) is 6.61 Å². The second kappa shape index (κ2) is 10.1. The molecule has 0 spiro atoms. The number of nitrogens with zero attached hydrogens (tertiary/aromatic N) is 3. The van der Waals surface area contributed by atoms with Gasteiger partial charge in [-0.1, -0.05) is 23.7 Å². The van der Waals surface area contributed by atoms with Gasteiger partial charge >= 0.3 is 12.1 Å². The molecule has 0 aliphatic rings. The quantitative estimate of drug-likeness (QED) is 0.295. The first-order chi connectivity index (χ1) is 17.5. The molecule has 1 N–H and O–H groups in total. The minimum atomic E-state index is -4.74. The van der Waals surface area contributed by atoms with Crippen LogP contribution in [0.4, 0.5) is 13.2 Å². The minimum Gasteiger partial charge on any atom is -0.491 e. The molecule has 0 saturated heterocycles. The van der Waals surface area contributed by atoms with Crippen molar-refractivity contribution in [2.45, 2.75) is 12.7 Å². The Labute approximate surface area is 216 Å². The van der Waals surface area contributed by atoms with Crippen molar-refractivity contribution < 1.29 is 27.8 Å². The van der Waals surface area contributed by atoms with Gasteiger partial charge in [-0.3, -0.25) is 9.36 Å². The zero-order valence-corrected chi connectivity index (χ0v) is 20.0. The zero-order valence-electron chi connectivity index (χ0n) is 18.5. The number of ether oxygens (including phenoxy) is 1. The number of carboxylic acid groups (broad SMARTS) is 1. The van der Waals surface area contributed by atoms with Crippen molar-refractivity contribution >= 4 is 40.1 Å². The summed E-state index contributed by atoms with van der Waals surface area (Å²) in [6.45, 7) is -0.272. The predicted octanol–water partition coefficient (Wildman–Crippen LogP) is 6.04. The van der Waals surface area contributed by atoms with Crippen LogP contribution in [0.25, 0.3) is 22.0 Å². The Hall–Kier alpha value is -4.07. The maximum absolute atomic E-state index is 13.2. The summed E-state index contributed by atoms with van der Waals surface area (Å²) in [5, 5.41) is 18.3. The van der Waals surface area contributed by atoms with Crippen LogP contribution < -0.4 is 10.3 Å². The number of rotatable bonds is 6. The number of carboxylic acids is 1. The summed E-state index contributed by atoms with van der Waals surface area (Å²) < 4.78 is 46.3. The highest BCUT2D eigenvalue weighted by molar-refractivity contribution is 6.31. The Bertz CT molecular complexity index is 1650. The van der Waals surface area contributed by atoms with Gasteiger partial charge < -0.3 is 9.84 Å². The Morgan fingerprint density at radius 2 is 1.89 bits per heavy atom. The molecule has 0 aliphatic carbocycles. The molecule has 7 nitrogen and oxygen atoms in total. The molecule has 1 heterocycles. The van der Waals surface area contributed by atoms with Gasteiger partial charge in [-0.25, -0.2) is 9.78 Å². The van der Waals surface area contributed by atoms with Crippen LogP contribution >= 0.6 is 23.2 Å². The molecule has 188 valence electrons. The van der Waals surface area contributed by atoms with Gasteiger partial charge in [-0.05, 0) is 59.6 Å². The Morgan fingerprint density at radius 3 is 2.57 bits per heavy atom. The highest BCUT2D eigenvalue weighted by Gasteiger charge is 2.32. The standard InChI is InChI=1S/C25H14Cl2F3N3O4/c26-17-4-5-20(18(11-17)13-2-1-3-14(8-13)23(35)36)37-7-6-33-22(34)21-15(12-31)9-16(25(28,29)30)10-19(21)32-24(33)27/h1-5,8-11H,6-7H2,(H,35,36). The number of hydrogen-bond donors (Lipinski definition) is 1. The number of benzene rings is 3. The molecular weight excluding hydrogens is 534 g/mol. The second-order valence-corrected chi connectivity index (χ2v) is 8.51. The van der Waals surface area contributed by atoms with Crippen molar-refractivity contribution in [1.82, 2.24) is 9.55 Å². The van der Waals surface area contributed by atoms with Gasteiger partial charge in [0.2, 0.25) is 5.28 Å². The number of hydrogen-bond acceptors (Lipinski definition) is 5. The third-order valence-electron chi connectivity index (χ3n) is 5.39. The number of fused-ring (bicyclic) bond motifs is 1. The molecule has 0 saturated carbocycles. The fraction of sp³-hybridized carbons (Fsp3) is 0.120. The number of halogens is 5. The van der Waals surface area contributed by atoms with Crippen molar-refractivity contribution in [2.24, 2.45) is 0 Å². The monoisotopic (exact) mass is 547 g/mol. The van der Waals surface area contributed by atoms with Crippen molar-refractivity contribution in [3.05, 3.63) is 91.9 Å². The zero-order chi connectivity index (χ0) is 26.9. The number of aromatic carboxylic acids is 1. The highest BCUT2D eigenvalue weighted by Crippen LogP contribution is 2.34. The molecule has 0 radical (unpaired) electrons. The molecule has 0 fully saturated rings. The molecule has 1 aromatic heterocycles. The van der Waals surface area contributed by atoms with Crippen LogP contribution in [0.3, 0.4) is 0 Å². The molecule has 0 atom stereocenters. The fourth-order valence-corrected chi connectivity index (χ4v) is 4.11. The van der Waals surface area contributed by atoms with Crippen molar-refractivity contribution in [3.63, 3.8) is 0 Å². The van der Waals surface area contributed by atoms with Crippen LogP contribution in [0.15, 0.2) is 59.4 Å². The van der Waals surface area contributed by atoms with Crippen LogP contribution in [-0.2, 0) is 12.7 Å². The van der Waals surface area contributed by atoms with E-state index in [4.69, 9.17) is 27.9 Å². The van der Waals surface area contributed by atoms with E-state index in [1.54, 1.807) is 36.4 Å². The number of aromatic nitrogens is 2. The lowest BCUT2D eigenvalue weighted by molar-refractivity contribution is -0.137. The average molecular weight is 548 g/mol. The molecular formula is C25H14Cl2F3N3O4. The molecule has 12 heteroatoms. The van der Waals surface area contributed by atoms with Crippen LogP contribution in [0.2, 0.25) is 10.3 Å². The Morgan fingerprint density at radius 1 is 1.14 bits per heavy atom. The maximum atomic E-state index is 13.2. The van der Waals surface area contributed by atoms with Gasteiger partial charge in [-0.2, -0.15) is 18.4 Å². The molecule has 0 amide bonds. The van der Waals surface area contributed by atoms with E-state index in [1.807, 2.05) is 0 Å². The summed E-state index contributed by atoms with van der Waals surface area (Å²) in [5.74, 6) is -0.777. The lowest BCUT2D eigenvalue weighted by Gasteiger charge is -2.15. The second-order valence-electron chi connectivity index (χ2n) is 7.74. The normalized spacial score (nSPS) is 11.4. The molecule has 0 aliphatic heterocycles. The van der Waals surface area contributed by atoms with E-state index < -0.39 is 28.8 Å². The van der Waals surface area contributed by atoms with Gasteiger partial charge in [0.25, 0.3) is 5.56 Å². The Balaban J connectivity index is 1.66. The third kappa shape index (κ3) is 5.38. The van der Waals surface area contributed by atoms with Gasteiger partial charge in [-0.15, -0.1) is 0 Å². The number of alkyl halides is 3. The summed E-state index contributed by atoms with van der Waals surface area (Å²) in [5.41, 5.74) is -1.66. The fourth-order valence-electron chi connectivity index (χ4n) is 3.68. The summed E-state index contributed by atoms with van der Waals surface area (Å²) >= 11 is 12.2. The topological polar surface area (TPSA) is 105 Å². The van der Waals surface area contributed by atoms with Gasteiger partial charge in [0, 0.05) is 10.6 Å². The van der Waals surface area contributed by atoms with Crippen molar-refractivity contribution in [3.8, 4) is 22.9 Å². The summed E-state index contributed by atoms with van der Waals surface area (Å²) in [6, 6.07) is 13.7. The average Bonchev–Trinajstić information content (AvgIpc) is 2.85. The predicted molar refractivity (Wildman–Crippen MR) is 130 cm³/mol. The van der Waals surface area contributed by atoms with Crippen LogP contribution in [0.5, 0.6) is 5.75 Å². The third-order valence-corrected chi connectivity index (χ3v) is 5.92. The number of carbonyl (C=O) groups is 1. The first-order valence-electron chi connectivity index (χ1n) is 10.5. The molecule has 4 rings (SSSR count). The maximum Gasteiger partial charge on any atom is 0.416 e. The van der Waals surface area contributed by atoms with Crippen LogP contribution in [0, 0.1) is 11.3 Å². The SMILES string of the molecule is N#Cc1cc(C(F)(F)F)cc2nc(Cl)n(CCOc3ccc(Cl)cc3-c3cccc(C(=O)O)c3)c(=O)c12. The summed E-state index contributed by atoms with van der Waals surface area (Å²) in [4.78, 5) is 28.3. The minimum absolute atomic E-state index is 0.0611. The van der Waals surface area contributed by atoms with Crippen LogP contribution in [0.1, 0.15) is 21.5 Å². The first kappa shape index (κ1) is 26.0. The van der Waals surface area contributed by atoms with E-state index in [2.05, 4.69) is 4.98 Å². The molecule has 0 unspecified atom stereocenters. The van der Waals surface area contributed by atoms with E-state index in [0.717, 1.165) is 4.57 Å². The highest BCUT2D eigenvalue weighted by atomic mass is 35.5. The first-order valence-corrected chi connectivity index (χ1v) is 11.2.